The summed E-state index contributed by atoms with van der Waals surface area (Å²) in [5.41, 5.74) is 7.87. The van der Waals surface area contributed by atoms with Crippen molar-refractivity contribution in [1.29, 1.82) is 0 Å². The fourth-order valence-electron chi connectivity index (χ4n) is 4.26. The first kappa shape index (κ1) is 17.7. The number of fused-ring (bicyclic) bond motifs is 1. The summed E-state index contributed by atoms with van der Waals surface area (Å²) in [6.07, 6.45) is 1.86. The molecule has 2 heterocycles. The highest BCUT2D eigenvalue weighted by Crippen LogP contribution is 2.32. The molecule has 2 atom stereocenters. The van der Waals surface area contributed by atoms with Crippen LogP contribution in [0.3, 0.4) is 0 Å². The van der Waals surface area contributed by atoms with Gasteiger partial charge in [-0.2, -0.15) is 0 Å². The molecule has 0 spiro atoms. The van der Waals surface area contributed by atoms with E-state index in [1.807, 2.05) is 30.3 Å². The number of pyridine rings is 1. The average molecular weight is 365 g/mol. The van der Waals surface area contributed by atoms with Crippen molar-refractivity contribution in [3.05, 3.63) is 69.1 Å². The fraction of sp³-hybridized carbons (Fsp3) is 0.381. The van der Waals surface area contributed by atoms with E-state index in [2.05, 4.69) is 4.98 Å². The van der Waals surface area contributed by atoms with Crippen LogP contribution in [0.5, 0.6) is 0 Å². The van der Waals surface area contributed by atoms with Crippen molar-refractivity contribution < 1.29 is 9.59 Å². The number of ketones is 1. The Balaban J connectivity index is 1.63. The van der Waals surface area contributed by atoms with Gasteiger partial charge in [-0.05, 0) is 36.9 Å². The number of H-pyrrole nitrogens is 1. The molecular weight excluding hydrogens is 342 g/mol. The van der Waals surface area contributed by atoms with Crippen molar-refractivity contribution in [2.45, 2.75) is 25.2 Å². The van der Waals surface area contributed by atoms with Gasteiger partial charge in [-0.15, -0.1) is 0 Å². The molecule has 27 heavy (non-hydrogen) atoms. The molecule has 4 rings (SSSR count). The Labute approximate surface area is 157 Å². The molecule has 0 bridgehead atoms. The second kappa shape index (κ2) is 7.12. The molecule has 1 fully saturated rings. The molecule has 1 saturated heterocycles. The third-order valence-electron chi connectivity index (χ3n) is 5.74. The topological polar surface area (TPSA) is 96.3 Å². The molecule has 2 aromatic rings. The van der Waals surface area contributed by atoms with E-state index in [4.69, 9.17) is 5.73 Å². The van der Waals surface area contributed by atoms with Gasteiger partial charge in [0.25, 0.3) is 11.5 Å². The second-order valence-electron chi connectivity index (χ2n) is 7.40. The van der Waals surface area contributed by atoms with Crippen molar-refractivity contribution >= 4 is 11.7 Å². The van der Waals surface area contributed by atoms with Crippen molar-refractivity contribution in [1.82, 2.24) is 9.88 Å². The predicted molar refractivity (Wildman–Crippen MR) is 102 cm³/mol. The van der Waals surface area contributed by atoms with Gasteiger partial charge >= 0.3 is 0 Å². The van der Waals surface area contributed by atoms with Crippen molar-refractivity contribution in [2.24, 2.45) is 11.7 Å². The van der Waals surface area contributed by atoms with Gasteiger partial charge in [-0.25, -0.2) is 0 Å². The van der Waals surface area contributed by atoms with E-state index in [1.54, 1.807) is 4.90 Å². The monoisotopic (exact) mass is 365 g/mol. The number of hydrogen-bond donors (Lipinski definition) is 2. The minimum Gasteiger partial charge on any atom is -0.337 e. The molecule has 140 valence electrons. The summed E-state index contributed by atoms with van der Waals surface area (Å²) in [6, 6.07) is 11.5. The van der Waals surface area contributed by atoms with Crippen molar-refractivity contribution in [2.75, 3.05) is 19.6 Å². The number of hydrogen-bond acceptors (Lipinski definition) is 4. The first-order chi connectivity index (χ1) is 13.1. The highest BCUT2D eigenvalue weighted by molar-refractivity contribution is 6.01. The number of aryl methyl sites for hydroxylation is 1. The SMILES string of the molecule is NC[C@@H]1CN(C(=O)c2cc3c([nH]c2=O)CCCC3=O)C[C@H]1c1ccccc1. The number of benzene rings is 1. The normalized spacial score (nSPS) is 22.0. The average Bonchev–Trinajstić information content (AvgIpc) is 3.12. The Kier molecular flexibility index (Phi) is 4.66. The zero-order valence-electron chi connectivity index (χ0n) is 15.1. The zero-order valence-corrected chi connectivity index (χ0v) is 15.1. The van der Waals surface area contributed by atoms with Crippen LogP contribution in [-0.2, 0) is 6.42 Å². The van der Waals surface area contributed by atoms with E-state index in [0.717, 1.165) is 12.0 Å². The number of nitrogens with two attached hydrogens (primary N) is 1. The van der Waals surface area contributed by atoms with Gasteiger partial charge in [0.2, 0.25) is 0 Å². The fourth-order valence-corrected chi connectivity index (χ4v) is 4.26. The molecule has 0 radical (unpaired) electrons. The van der Waals surface area contributed by atoms with Gasteiger partial charge in [0.1, 0.15) is 5.56 Å². The molecular formula is C21H23N3O3. The van der Waals surface area contributed by atoms with E-state index >= 15 is 0 Å². The van der Waals surface area contributed by atoms with Crippen molar-refractivity contribution in [3.8, 4) is 0 Å². The molecule has 1 aliphatic carbocycles. The second-order valence-corrected chi connectivity index (χ2v) is 7.40. The smallest absolute Gasteiger partial charge is 0.261 e. The lowest BCUT2D eigenvalue weighted by Crippen LogP contribution is -2.35. The van der Waals surface area contributed by atoms with Crippen LogP contribution in [0, 0.1) is 5.92 Å². The van der Waals surface area contributed by atoms with Gasteiger partial charge in [0.05, 0.1) is 0 Å². The van der Waals surface area contributed by atoms with Gasteiger partial charge in [0, 0.05) is 36.7 Å². The molecule has 1 aromatic carbocycles. The Bertz CT molecular complexity index is 935. The minimum atomic E-state index is -0.416. The summed E-state index contributed by atoms with van der Waals surface area (Å²) < 4.78 is 0. The van der Waals surface area contributed by atoms with E-state index < -0.39 is 5.56 Å². The molecule has 6 nitrogen and oxygen atoms in total. The number of likely N-dealkylation sites (tertiary alicyclic amines) is 1. The number of Topliss-reactive ketones (excluding diaryl/α,β-unsaturated/α-hetero) is 1. The van der Waals surface area contributed by atoms with Crippen LogP contribution < -0.4 is 11.3 Å². The largest absolute Gasteiger partial charge is 0.337 e. The highest BCUT2D eigenvalue weighted by atomic mass is 16.2. The van der Waals surface area contributed by atoms with Gasteiger partial charge < -0.3 is 15.6 Å². The van der Waals surface area contributed by atoms with E-state index in [0.29, 0.717) is 43.7 Å². The summed E-state index contributed by atoms with van der Waals surface area (Å²) in [7, 11) is 0. The van der Waals surface area contributed by atoms with E-state index in [9.17, 15) is 14.4 Å². The Morgan fingerprint density at radius 2 is 1.93 bits per heavy atom. The third-order valence-corrected chi connectivity index (χ3v) is 5.74. The lowest BCUT2D eigenvalue weighted by atomic mass is 9.89. The third kappa shape index (κ3) is 3.21. The minimum absolute atomic E-state index is 0.00929. The molecule has 6 heteroatoms. The summed E-state index contributed by atoms with van der Waals surface area (Å²) in [5.74, 6) is -0.0348. The summed E-state index contributed by atoms with van der Waals surface area (Å²) in [4.78, 5) is 42.1. The van der Waals surface area contributed by atoms with Crippen LogP contribution in [0.2, 0.25) is 0 Å². The number of aromatic nitrogens is 1. The number of aromatic amines is 1. The maximum Gasteiger partial charge on any atom is 0.261 e. The number of rotatable bonds is 3. The van der Waals surface area contributed by atoms with E-state index in [1.165, 1.54) is 6.07 Å². The standard InChI is InChI=1S/C21H23N3O3/c22-10-14-11-24(12-17(14)13-5-2-1-3-6-13)21(27)16-9-15-18(23-20(16)26)7-4-8-19(15)25/h1-3,5-6,9,14,17H,4,7-8,10-12,22H2,(H,23,26)/t14-,17+/m1/s1. The first-order valence-corrected chi connectivity index (χ1v) is 9.42. The molecule has 1 aliphatic heterocycles. The van der Waals surface area contributed by atoms with Gasteiger partial charge in [0.15, 0.2) is 5.78 Å². The van der Waals surface area contributed by atoms with Crippen LogP contribution in [0.15, 0.2) is 41.2 Å². The Morgan fingerprint density at radius 1 is 1.15 bits per heavy atom. The summed E-state index contributed by atoms with van der Waals surface area (Å²) in [5, 5.41) is 0. The molecule has 3 N–H and O–H groups in total. The number of amides is 1. The number of nitrogens with zero attached hydrogens (tertiary/aromatic N) is 1. The van der Waals surface area contributed by atoms with E-state index in [-0.39, 0.29) is 29.1 Å². The highest BCUT2D eigenvalue weighted by Gasteiger charge is 2.36. The first-order valence-electron chi connectivity index (χ1n) is 9.42. The van der Waals surface area contributed by atoms with Crippen LogP contribution >= 0.6 is 0 Å². The molecule has 0 unspecified atom stereocenters. The summed E-state index contributed by atoms with van der Waals surface area (Å²) >= 11 is 0. The molecule has 0 saturated carbocycles. The lowest BCUT2D eigenvalue weighted by Gasteiger charge is -2.19. The number of carbonyl (C=O) groups is 2. The molecule has 1 aromatic heterocycles. The Morgan fingerprint density at radius 3 is 2.67 bits per heavy atom. The maximum absolute atomic E-state index is 13.1. The quantitative estimate of drug-likeness (QED) is 0.865. The van der Waals surface area contributed by atoms with Gasteiger partial charge in [-0.3, -0.25) is 14.4 Å². The number of nitrogens with one attached hydrogen (secondary N) is 1. The maximum atomic E-state index is 13.1. The van der Waals surface area contributed by atoms with Crippen molar-refractivity contribution in [3.63, 3.8) is 0 Å². The Hall–Kier alpha value is -2.73. The van der Waals surface area contributed by atoms with Gasteiger partial charge in [-0.1, -0.05) is 30.3 Å². The van der Waals surface area contributed by atoms with Crippen LogP contribution in [0.4, 0.5) is 0 Å². The summed E-state index contributed by atoms with van der Waals surface area (Å²) in [6.45, 7) is 1.51. The predicted octanol–water partition coefficient (Wildman–Crippen LogP) is 1.71. The van der Waals surface area contributed by atoms with Crippen LogP contribution in [0.1, 0.15) is 50.7 Å². The van der Waals surface area contributed by atoms with Crippen LogP contribution in [0.25, 0.3) is 0 Å². The molecule has 2 aliphatic rings. The number of carbonyl (C=O) groups excluding carboxylic acids is 2. The van der Waals surface area contributed by atoms with Crippen LogP contribution in [-0.4, -0.2) is 41.2 Å². The zero-order chi connectivity index (χ0) is 19.0. The lowest BCUT2D eigenvalue weighted by molar-refractivity contribution is 0.0784. The molecule has 1 amide bonds.